The lowest BCUT2D eigenvalue weighted by Crippen LogP contribution is -1.93. The maximum absolute atomic E-state index is 4.56. The van der Waals surface area contributed by atoms with Gasteiger partial charge in [-0.05, 0) is 113 Å². The fourth-order valence-corrected chi connectivity index (χ4v) is 8.73. The van der Waals surface area contributed by atoms with Crippen LogP contribution in [-0.2, 0) is 0 Å². The molecule has 0 amide bonds. The van der Waals surface area contributed by atoms with Crippen LogP contribution in [0.25, 0.3) is 104 Å². The standard InChI is InChI=1S/C51H32N2/c1-2-16-37(17-3-1)53-48-27-25-36(30-45(48)47-32-52-29-28-49(47)53)35-24-26-44-46(31-35)51(41-23-11-15-34-13-5-7-19-39(34)41)43-21-9-8-20-42(43)50(44)40-22-10-14-33-12-4-6-18-38(33)40/h1-32H. The molecule has 2 nitrogen and oxygen atoms in total. The topological polar surface area (TPSA) is 17.8 Å². The van der Waals surface area contributed by atoms with Crippen LogP contribution in [0.4, 0.5) is 0 Å². The van der Waals surface area contributed by atoms with Crippen LogP contribution in [0.3, 0.4) is 0 Å². The highest BCUT2D eigenvalue weighted by Crippen LogP contribution is 2.47. The number of hydrogen-bond donors (Lipinski definition) is 0. The van der Waals surface area contributed by atoms with Crippen molar-refractivity contribution >= 4 is 64.9 Å². The Hall–Kier alpha value is -7.03. The lowest BCUT2D eigenvalue weighted by molar-refractivity contribution is 1.17. The second kappa shape index (κ2) is 11.8. The van der Waals surface area contributed by atoms with Gasteiger partial charge in [0.2, 0.25) is 0 Å². The predicted octanol–water partition coefficient (Wildman–Crippen LogP) is 13.8. The van der Waals surface area contributed by atoms with E-state index in [0.29, 0.717) is 0 Å². The van der Waals surface area contributed by atoms with Crippen LogP contribution in [0.1, 0.15) is 0 Å². The molecule has 0 N–H and O–H groups in total. The first kappa shape index (κ1) is 29.7. The molecule has 2 heterocycles. The summed E-state index contributed by atoms with van der Waals surface area (Å²) in [7, 11) is 0. The van der Waals surface area contributed by atoms with Crippen molar-refractivity contribution < 1.29 is 0 Å². The Balaban J connectivity index is 1.24. The normalized spacial score (nSPS) is 11.8. The number of pyridine rings is 1. The first-order chi connectivity index (χ1) is 26.3. The minimum Gasteiger partial charge on any atom is -0.309 e. The van der Waals surface area contributed by atoms with Crippen molar-refractivity contribution in [1.29, 1.82) is 0 Å². The van der Waals surface area contributed by atoms with Crippen molar-refractivity contribution in [3.05, 3.63) is 194 Å². The highest BCUT2D eigenvalue weighted by atomic mass is 15.0. The molecule has 11 aromatic rings. The monoisotopic (exact) mass is 672 g/mol. The lowest BCUT2D eigenvalue weighted by atomic mass is 9.83. The van der Waals surface area contributed by atoms with Crippen LogP contribution in [0.15, 0.2) is 194 Å². The molecule has 0 fully saturated rings. The molecule has 0 aliphatic heterocycles. The average molecular weight is 673 g/mol. The van der Waals surface area contributed by atoms with E-state index in [0.717, 1.165) is 16.6 Å². The second-order valence-corrected chi connectivity index (χ2v) is 13.9. The molecule has 0 aliphatic carbocycles. The quantitative estimate of drug-likeness (QED) is 0.170. The molecule has 2 aromatic heterocycles. The highest BCUT2D eigenvalue weighted by molar-refractivity contribution is 6.25. The van der Waals surface area contributed by atoms with E-state index in [1.54, 1.807) is 0 Å². The van der Waals surface area contributed by atoms with E-state index in [-0.39, 0.29) is 0 Å². The van der Waals surface area contributed by atoms with Gasteiger partial charge in [0.25, 0.3) is 0 Å². The second-order valence-electron chi connectivity index (χ2n) is 13.9. The Morgan fingerprint density at radius 1 is 0.340 bits per heavy atom. The lowest BCUT2D eigenvalue weighted by Gasteiger charge is -2.20. The zero-order valence-electron chi connectivity index (χ0n) is 28.9. The molecule has 2 heteroatoms. The van der Waals surface area contributed by atoms with Crippen molar-refractivity contribution in [1.82, 2.24) is 9.55 Å². The minimum atomic E-state index is 1.14. The summed E-state index contributed by atoms with van der Waals surface area (Å²) in [5.74, 6) is 0. The largest absolute Gasteiger partial charge is 0.309 e. The van der Waals surface area contributed by atoms with Crippen molar-refractivity contribution in [2.75, 3.05) is 0 Å². The fraction of sp³-hybridized carbons (Fsp3) is 0. The molecule has 0 saturated carbocycles. The highest BCUT2D eigenvalue weighted by Gasteiger charge is 2.20. The molecule has 53 heavy (non-hydrogen) atoms. The summed E-state index contributed by atoms with van der Waals surface area (Å²) < 4.78 is 2.34. The molecular formula is C51H32N2. The molecule has 0 aliphatic rings. The van der Waals surface area contributed by atoms with Crippen LogP contribution < -0.4 is 0 Å². The smallest absolute Gasteiger partial charge is 0.0571 e. The van der Waals surface area contributed by atoms with Crippen LogP contribution in [0.2, 0.25) is 0 Å². The Morgan fingerprint density at radius 2 is 0.849 bits per heavy atom. The van der Waals surface area contributed by atoms with E-state index in [4.69, 9.17) is 0 Å². The summed E-state index contributed by atoms with van der Waals surface area (Å²) in [5.41, 5.74) is 10.9. The first-order valence-electron chi connectivity index (χ1n) is 18.2. The third kappa shape index (κ3) is 4.56. The third-order valence-corrected chi connectivity index (χ3v) is 11.1. The molecule has 0 unspecified atom stereocenters. The van der Waals surface area contributed by atoms with Crippen LogP contribution in [-0.4, -0.2) is 9.55 Å². The van der Waals surface area contributed by atoms with Crippen molar-refractivity contribution in [3.63, 3.8) is 0 Å². The van der Waals surface area contributed by atoms with Gasteiger partial charge in [0.1, 0.15) is 0 Å². The van der Waals surface area contributed by atoms with Gasteiger partial charge in [-0.3, -0.25) is 4.98 Å². The van der Waals surface area contributed by atoms with E-state index in [9.17, 15) is 0 Å². The maximum atomic E-state index is 4.56. The van der Waals surface area contributed by atoms with Gasteiger partial charge in [0, 0.05) is 28.9 Å². The van der Waals surface area contributed by atoms with Crippen LogP contribution in [0.5, 0.6) is 0 Å². The van der Waals surface area contributed by atoms with Crippen LogP contribution in [0, 0.1) is 0 Å². The van der Waals surface area contributed by atoms with Gasteiger partial charge in [0.05, 0.1) is 11.0 Å². The zero-order valence-corrected chi connectivity index (χ0v) is 28.9. The fourth-order valence-electron chi connectivity index (χ4n) is 8.73. The van der Waals surface area contributed by atoms with E-state index in [1.807, 2.05) is 12.4 Å². The van der Waals surface area contributed by atoms with E-state index < -0.39 is 0 Å². The molecule has 9 aromatic carbocycles. The Labute approximate surface area is 306 Å². The average Bonchev–Trinajstić information content (AvgIpc) is 3.56. The zero-order chi connectivity index (χ0) is 34.9. The Bertz CT molecular complexity index is 3210. The van der Waals surface area contributed by atoms with Gasteiger partial charge in [0.15, 0.2) is 0 Å². The van der Waals surface area contributed by atoms with Gasteiger partial charge < -0.3 is 4.57 Å². The Morgan fingerprint density at radius 3 is 1.53 bits per heavy atom. The first-order valence-corrected chi connectivity index (χ1v) is 18.2. The third-order valence-electron chi connectivity index (χ3n) is 11.1. The van der Waals surface area contributed by atoms with E-state index >= 15 is 0 Å². The molecule has 0 bridgehead atoms. The SMILES string of the molecule is c1ccc(-n2c3ccncc3c3cc(-c4ccc5c(-c6cccc7ccccc67)c6ccccc6c(-c6cccc7ccccc67)c5c4)ccc32)cc1. The maximum Gasteiger partial charge on any atom is 0.0571 e. The number of hydrogen-bond acceptors (Lipinski definition) is 1. The molecule has 11 rings (SSSR count). The van der Waals surface area contributed by atoms with Crippen molar-refractivity contribution in [2.45, 2.75) is 0 Å². The van der Waals surface area contributed by atoms with Gasteiger partial charge in [-0.2, -0.15) is 0 Å². The molecule has 0 atom stereocenters. The van der Waals surface area contributed by atoms with E-state index in [1.165, 1.54) is 87.4 Å². The summed E-state index contributed by atoms with van der Waals surface area (Å²) in [5, 5.41) is 12.4. The Kier molecular flexibility index (Phi) is 6.59. The molecule has 0 spiro atoms. The van der Waals surface area contributed by atoms with Gasteiger partial charge in [-0.15, -0.1) is 0 Å². The van der Waals surface area contributed by atoms with E-state index in [2.05, 4.69) is 192 Å². The van der Waals surface area contributed by atoms with Gasteiger partial charge in [-0.25, -0.2) is 0 Å². The molecule has 0 saturated heterocycles. The minimum absolute atomic E-state index is 1.14. The summed E-state index contributed by atoms with van der Waals surface area (Å²) in [4.78, 5) is 4.56. The number of benzene rings is 9. The number of fused-ring (bicyclic) bond motifs is 7. The number of para-hydroxylation sites is 1. The summed E-state index contributed by atoms with van der Waals surface area (Å²) in [6, 6.07) is 66.6. The predicted molar refractivity (Wildman–Crippen MR) is 225 cm³/mol. The summed E-state index contributed by atoms with van der Waals surface area (Å²) >= 11 is 0. The number of rotatable bonds is 4. The number of aromatic nitrogens is 2. The molecule has 0 radical (unpaired) electrons. The van der Waals surface area contributed by atoms with Crippen LogP contribution >= 0.6 is 0 Å². The van der Waals surface area contributed by atoms with Crippen molar-refractivity contribution in [3.8, 4) is 39.1 Å². The molecule has 246 valence electrons. The van der Waals surface area contributed by atoms with Gasteiger partial charge in [-0.1, -0.05) is 146 Å². The summed E-state index contributed by atoms with van der Waals surface area (Å²) in [6.07, 6.45) is 3.89. The summed E-state index contributed by atoms with van der Waals surface area (Å²) in [6.45, 7) is 0. The number of nitrogens with zero attached hydrogens (tertiary/aromatic N) is 2. The van der Waals surface area contributed by atoms with Crippen molar-refractivity contribution in [2.24, 2.45) is 0 Å². The molecular weight excluding hydrogens is 641 g/mol. The van der Waals surface area contributed by atoms with Gasteiger partial charge >= 0.3 is 0 Å².